The van der Waals surface area contributed by atoms with E-state index in [4.69, 9.17) is 26.1 Å². The molecule has 0 spiro atoms. The average Bonchev–Trinajstić information content (AvgIpc) is 3.22. The first-order chi connectivity index (χ1) is 15.9. The Kier molecular flexibility index (Phi) is 6.55. The highest BCUT2D eigenvalue weighted by molar-refractivity contribution is 7.80. The molecule has 0 saturated heterocycles. The van der Waals surface area contributed by atoms with Crippen LogP contribution in [0.1, 0.15) is 24.2 Å². The molecule has 4 rings (SSSR count). The van der Waals surface area contributed by atoms with E-state index >= 15 is 0 Å². The topological polar surface area (TPSA) is 85.6 Å². The summed E-state index contributed by atoms with van der Waals surface area (Å²) in [5.41, 5.74) is 3.31. The molecule has 33 heavy (non-hydrogen) atoms. The number of ether oxygens (including phenoxy) is 2. The van der Waals surface area contributed by atoms with Crippen molar-refractivity contribution in [3.05, 3.63) is 72.3 Å². The summed E-state index contributed by atoms with van der Waals surface area (Å²) < 4.78 is 16.7. The fourth-order valence-corrected chi connectivity index (χ4v) is 3.39. The molecule has 4 aromatic rings. The molecule has 0 saturated carbocycles. The average molecular weight is 462 g/mol. The number of hydrogen-bond donors (Lipinski definition) is 2. The van der Waals surface area contributed by atoms with Gasteiger partial charge in [0.05, 0.1) is 13.2 Å². The number of fused-ring (bicyclic) bond motifs is 1. The van der Waals surface area contributed by atoms with Gasteiger partial charge in [0.25, 0.3) is 5.91 Å². The first-order valence-corrected chi connectivity index (χ1v) is 10.8. The van der Waals surface area contributed by atoms with E-state index in [-0.39, 0.29) is 17.1 Å². The zero-order valence-electron chi connectivity index (χ0n) is 18.4. The predicted octanol–water partition coefficient (Wildman–Crippen LogP) is 5.42. The molecule has 8 heteroatoms. The van der Waals surface area contributed by atoms with Crippen LogP contribution in [0, 0.1) is 0 Å². The molecule has 7 nitrogen and oxygen atoms in total. The minimum Gasteiger partial charge on any atom is -0.497 e. The van der Waals surface area contributed by atoms with Crippen molar-refractivity contribution in [2.45, 2.75) is 20.0 Å². The van der Waals surface area contributed by atoms with Gasteiger partial charge in [0.1, 0.15) is 17.0 Å². The molecular weight excluding hydrogens is 438 g/mol. The van der Waals surface area contributed by atoms with Crippen molar-refractivity contribution in [1.29, 1.82) is 0 Å². The number of nitrogens with zero attached hydrogens (tertiary/aromatic N) is 1. The number of rotatable bonds is 6. The second kappa shape index (κ2) is 9.70. The summed E-state index contributed by atoms with van der Waals surface area (Å²) in [4.78, 5) is 17.0. The maximum atomic E-state index is 12.5. The zero-order valence-corrected chi connectivity index (χ0v) is 19.2. The Morgan fingerprint density at radius 1 is 1.03 bits per heavy atom. The van der Waals surface area contributed by atoms with Gasteiger partial charge in [-0.05, 0) is 80.7 Å². The molecule has 0 aliphatic heterocycles. The molecular formula is C25H23N3O4S. The van der Waals surface area contributed by atoms with Gasteiger partial charge in [-0.2, -0.15) is 0 Å². The van der Waals surface area contributed by atoms with E-state index in [1.165, 1.54) is 0 Å². The molecule has 0 unspecified atom stereocenters. The van der Waals surface area contributed by atoms with Gasteiger partial charge in [0, 0.05) is 22.9 Å². The summed E-state index contributed by atoms with van der Waals surface area (Å²) in [5, 5.41) is 5.90. The fraction of sp³-hybridized carbons (Fsp3) is 0.160. The molecule has 0 atom stereocenters. The highest BCUT2D eigenvalue weighted by Gasteiger charge is 2.12. The maximum absolute atomic E-state index is 12.5. The van der Waals surface area contributed by atoms with Gasteiger partial charge in [0.15, 0.2) is 10.7 Å². The van der Waals surface area contributed by atoms with Crippen LogP contribution in [0.3, 0.4) is 0 Å². The van der Waals surface area contributed by atoms with Gasteiger partial charge >= 0.3 is 0 Å². The monoisotopic (exact) mass is 461 g/mol. The first kappa shape index (κ1) is 22.3. The quantitative estimate of drug-likeness (QED) is 0.371. The van der Waals surface area contributed by atoms with Crippen molar-refractivity contribution in [1.82, 2.24) is 10.3 Å². The normalized spacial score (nSPS) is 10.8. The number of aromatic nitrogens is 1. The Hall–Kier alpha value is -3.91. The largest absolute Gasteiger partial charge is 0.497 e. The number of methoxy groups -OCH3 is 1. The Morgan fingerprint density at radius 2 is 1.79 bits per heavy atom. The lowest BCUT2D eigenvalue weighted by Crippen LogP contribution is -2.34. The highest BCUT2D eigenvalue weighted by atomic mass is 32.1. The van der Waals surface area contributed by atoms with E-state index in [0.29, 0.717) is 39.7 Å². The van der Waals surface area contributed by atoms with Gasteiger partial charge in [-0.15, -0.1) is 0 Å². The fourth-order valence-electron chi connectivity index (χ4n) is 3.18. The molecule has 1 heterocycles. The minimum atomic E-state index is -0.312. The lowest BCUT2D eigenvalue weighted by molar-refractivity contribution is 0.0977. The summed E-state index contributed by atoms with van der Waals surface area (Å²) in [6.07, 6.45) is 0.0646. The van der Waals surface area contributed by atoms with E-state index in [0.717, 1.165) is 5.56 Å². The van der Waals surface area contributed by atoms with Crippen LogP contribution in [-0.4, -0.2) is 29.2 Å². The van der Waals surface area contributed by atoms with Gasteiger partial charge in [-0.3, -0.25) is 10.1 Å². The summed E-state index contributed by atoms with van der Waals surface area (Å²) in [6, 6.07) is 19.8. The molecule has 0 bridgehead atoms. The molecule has 0 aliphatic carbocycles. The number of amides is 1. The third-order valence-electron chi connectivity index (χ3n) is 4.68. The second-order valence-electron chi connectivity index (χ2n) is 7.53. The SMILES string of the molecule is COc1ccc2oc(-c3cccc(NC(=S)NC(=O)c4ccc(OC(C)C)cc4)c3)nc2c1. The summed E-state index contributed by atoms with van der Waals surface area (Å²) in [6.45, 7) is 3.89. The van der Waals surface area contributed by atoms with Crippen LogP contribution < -0.4 is 20.1 Å². The van der Waals surface area contributed by atoms with Crippen LogP contribution in [0.5, 0.6) is 11.5 Å². The van der Waals surface area contributed by atoms with Crippen LogP contribution in [-0.2, 0) is 0 Å². The van der Waals surface area contributed by atoms with Gasteiger partial charge < -0.3 is 19.2 Å². The van der Waals surface area contributed by atoms with E-state index in [2.05, 4.69) is 15.6 Å². The lowest BCUT2D eigenvalue weighted by atomic mass is 10.2. The molecule has 1 aromatic heterocycles. The van der Waals surface area contributed by atoms with Crippen molar-refractivity contribution >= 4 is 40.0 Å². The smallest absolute Gasteiger partial charge is 0.257 e. The number of anilines is 1. The third-order valence-corrected chi connectivity index (χ3v) is 4.88. The van der Waals surface area contributed by atoms with E-state index in [9.17, 15) is 4.79 Å². The molecule has 0 radical (unpaired) electrons. The van der Waals surface area contributed by atoms with Crippen molar-refractivity contribution in [2.75, 3.05) is 12.4 Å². The van der Waals surface area contributed by atoms with Gasteiger partial charge in [-0.25, -0.2) is 4.98 Å². The molecule has 3 aromatic carbocycles. The van der Waals surface area contributed by atoms with Crippen molar-refractivity contribution in [3.8, 4) is 23.0 Å². The summed E-state index contributed by atoms with van der Waals surface area (Å²) >= 11 is 5.31. The van der Waals surface area contributed by atoms with Gasteiger partial charge in [-0.1, -0.05) is 6.07 Å². The standard InChI is InChI=1S/C25H23N3O4S/c1-15(2)31-19-9-7-16(8-10-19)23(29)28-25(33)26-18-6-4-5-17(13-18)24-27-21-14-20(30-3)11-12-22(21)32-24/h4-15H,1-3H3,(H2,26,28,29,33). The first-order valence-electron chi connectivity index (χ1n) is 10.4. The Labute approximate surface area is 196 Å². The van der Waals surface area contributed by atoms with Crippen molar-refractivity contribution in [2.24, 2.45) is 0 Å². The Bertz CT molecular complexity index is 1300. The van der Waals surface area contributed by atoms with Crippen LogP contribution in [0.25, 0.3) is 22.6 Å². The molecule has 2 N–H and O–H groups in total. The van der Waals surface area contributed by atoms with Crippen LogP contribution >= 0.6 is 12.2 Å². The number of thiocarbonyl (C=S) groups is 1. The highest BCUT2D eigenvalue weighted by Crippen LogP contribution is 2.28. The zero-order chi connectivity index (χ0) is 23.4. The summed E-state index contributed by atoms with van der Waals surface area (Å²) in [5.74, 6) is 1.57. The predicted molar refractivity (Wildman–Crippen MR) is 132 cm³/mol. The van der Waals surface area contributed by atoms with E-state index in [1.807, 2.05) is 56.3 Å². The molecule has 1 amide bonds. The molecule has 168 valence electrons. The second-order valence-corrected chi connectivity index (χ2v) is 7.94. The van der Waals surface area contributed by atoms with Crippen molar-refractivity contribution < 1.29 is 18.7 Å². The molecule has 0 fully saturated rings. The summed E-state index contributed by atoms with van der Waals surface area (Å²) in [7, 11) is 1.61. The number of carbonyl (C=O) groups excluding carboxylic acids is 1. The minimum absolute atomic E-state index is 0.0646. The number of benzene rings is 3. The Morgan fingerprint density at radius 3 is 2.52 bits per heavy atom. The maximum Gasteiger partial charge on any atom is 0.257 e. The Balaban J connectivity index is 1.42. The number of carbonyl (C=O) groups is 1. The number of hydrogen-bond acceptors (Lipinski definition) is 6. The number of nitrogens with one attached hydrogen (secondary N) is 2. The molecule has 0 aliphatic rings. The van der Waals surface area contributed by atoms with Gasteiger partial charge in [0.2, 0.25) is 5.89 Å². The number of oxazole rings is 1. The van der Waals surface area contributed by atoms with Crippen LogP contribution in [0.15, 0.2) is 71.1 Å². The van der Waals surface area contributed by atoms with E-state index in [1.54, 1.807) is 31.4 Å². The third kappa shape index (κ3) is 5.48. The van der Waals surface area contributed by atoms with E-state index < -0.39 is 0 Å². The van der Waals surface area contributed by atoms with Crippen LogP contribution in [0.4, 0.5) is 5.69 Å². The lowest BCUT2D eigenvalue weighted by Gasteiger charge is -2.12. The van der Waals surface area contributed by atoms with Crippen molar-refractivity contribution in [3.63, 3.8) is 0 Å². The van der Waals surface area contributed by atoms with Crippen LogP contribution in [0.2, 0.25) is 0 Å².